The van der Waals surface area contributed by atoms with E-state index in [4.69, 9.17) is 20.9 Å². The number of nitrogens with zero attached hydrogens (tertiary/aromatic N) is 2. The van der Waals surface area contributed by atoms with Gasteiger partial charge in [0.2, 0.25) is 5.91 Å². The predicted octanol–water partition coefficient (Wildman–Crippen LogP) is 2.82. The van der Waals surface area contributed by atoms with Crippen LogP contribution >= 0.6 is 11.5 Å². The van der Waals surface area contributed by atoms with Crippen molar-refractivity contribution in [2.24, 2.45) is 5.73 Å². The second kappa shape index (κ2) is 11.4. The van der Waals surface area contributed by atoms with E-state index in [1.54, 1.807) is 49.6 Å². The minimum Gasteiger partial charge on any atom is -0.497 e. The summed E-state index contributed by atoms with van der Waals surface area (Å²) in [7, 11) is 1.55. The van der Waals surface area contributed by atoms with E-state index in [0.29, 0.717) is 30.2 Å². The lowest BCUT2D eigenvalue weighted by atomic mass is 10.0. The molecule has 0 spiro atoms. The van der Waals surface area contributed by atoms with E-state index in [1.165, 1.54) is 4.90 Å². The number of primary amides is 1. The predicted molar refractivity (Wildman–Crippen MR) is 141 cm³/mol. The zero-order valence-electron chi connectivity index (χ0n) is 20.6. The molecule has 5 N–H and O–H groups in total. The number of nitrogens with one attached hydrogen (secondary N) is 1. The van der Waals surface area contributed by atoms with Crippen molar-refractivity contribution >= 4 is 40.6 Å². The summed E-state index contributed by atoms with van der Waals surface area (Å²) in [5.74, 6) is -1.21. The Hall–Kier alpha value is -3.96. The molecule has 0 unspecified atom stereocenters. The Balaban J connectivity index is 1.81. The normalized spacial score (nSPS) is 15.7. The fourth-order valence-corrected chi connectivity index (χ4v) is 4.96. The molecule has 3 aromatic rings. The average molecular weight is 524 g/mol. The van der Waals surface area contributed by atoms with Gasteiger partial charge in [-0.3, -0.25) is 19.3 Å². The first-order valence-corrected chi connectivity index (χ1v) is 12.6. The van der Waals surface area contributed by atoms with Crippen LogP contribution in [0.25, 0.3) is 0 Å². The molecule has 1 aliphatic rings. The second-order valence-corrected chi connectivity index (χ2v) is 9.48. The fourth-order valence-electron chi connectivity index (χ4n) is 4.22. The number of nitrogen functional groups attached to an aromatic ring is 1. The summed E-state index contributed by atoms with van der Waals surface area (Å²) in [4.78, 5) is 41.0. The topological polar surface area (TPSA) is 150 Å². The lowest BCUT2D eigenvalue weighted by molar-refractivity contribution is -0.123. The number of hydrogen-bond acceptors (Lipinski definition) is 8. The van der Waals surface area contributed by atoms with Crippen LogP contribution in [0.2, 0.25) is 0 Å². The maximum Gasteiger partial charge on any atom is 0.273 e. The first-order chi connectivity index (χ1) is 17.8. The highest BCUT2D eigenvalue weighted by Gasteiger charge is 2.36. The van der Waals surface area contributed by atoms with Gasteiger partial charge in [-0.1, -0.05) is 24.3 Å². The van der Waals surface area contributed by atoms with Crippen molar-refractivity contribution in [2.45, 2.75) is 31.9 Å². The number of benzene rings is 2. The second-order valence-electron chi connectivity index (χ2n) is 8.71. The van der Waals surface area contributed by atoms with Gasteiger partial charge in [-0.15, -0.1) is 0 Å². The maximum atomic E-state index is 14.1. The molecule has 37 heavy (non-hydrogen) atoms. The highest BCUT2D eigenvalue weighted by Crippen LogP contribution is 2.34. The number of methoxy groups -OCH3 is 1. The van der Waals surface area contributed by atoms with E-state index in [1.807, 2.05) is 13.0 Å². The molecule has 1 saturated heterocycles. The van der Waals surface area contributed by atoms with E-state index in [-0.39, 0.29) is 22.4 Å². The highest BCUT2D eigenvalue weighted by molar-refractivity contribution is 7.09. The highest BCUT2D eigenvalue weighted by atomic mass is 32.1. The van der Waals surface area contributed by atoms with Gasteiger partial charge in [0.25, 0.3) is 11.8 Å². The van der Waals surface area contributed by atoms with Gasteiger partial charge in [0.1, 0.15) is 16.7 Å². The Morgan fingerprint density at radius 2 is 2.00 bits per heavy atom. The van der Waals surface area contributed by atoms with Crippen molar-refractivity contribution in [2.75, 3.05) is 30.9 Å². The van der Waals surface area contributed by atoms with Gasteiger partial charge >= 0.3 is 0 Å². The lowest BCUT2D eigenvalue weighted by Gasteiger charge is -2.32. The van der Waals surface area contributed by atoms with Crippen molar-refractivity contribution in [3.63, 3.8) is 0 Å². The molecule has 0 saturated carbocycles. The number of amides is 3. The van der Waals surface area contributed by atoms with Gasteiger partial charge in [-0.25, -0.2) is 0 Å². The van der Waals surface area contributed by atoms with E-state index < -0.39 is 23.8 Å². The van der Waals surface area contributed by atoms with E-state index in [0.717, 1.165) is 29.9 Å². The van der Waals surface area contributed by atoms with Gasteiger partial charge in [0.05, 0.1) is 18.9 Å². The van der Waals surface area contributed by atoms with Crippen LogP contribution in [0.5, 0.6) is 5.75 Å². The molecule has 194 valence electrons. The zero-order chi connectivity index (χ0) is 26.5. The Kier molecular flexibility index (Phi) is 8.04. The Bertz CT molecular complexity index is 1290. The van der Waals surface area contributed by atoms with Crippen LogP contribution in [0.3, 0.4) is 0 Å². The summed E-state index contributed by atoms with van der Waals surface area (Å²) >= 11 is 0.765. The Morgan fingerprint density at radius 1 is 1.24 bits per heavy atom. The molecule has 0 aliphatic carbocycles. The number of hydrogen-bond donors (Lipinski definition) is 3. The average Bonchev–Trinajstić information content (AvgIpc) is 3.55. The number of nitrogens with two attached hydrogens (primary N) is 2. The minimum absolute atomic E-state index is 0.0146. The number of carbonyl (C=O) groups is 3. The third-order valence-corrected chi connectivity index (χ3v) is 6.97. The van der Waals surface area contributed by atoms with E-state index in [9.17, 15) is 14.4 Å². The maximum absolute atomic E-state index is 14.1. The van der Waals surface area contributed by atoms with Crippen molar-refractivity contribution in [1.82, 2.24) is 9.69 Å². The molecule has 0 bridgehead atoms. The smallest absolute Gasteiger partial charge is 0.273 e. The lowest BCUT2D eigenvalue weighted by Crippen LogP contribution is -2.45. The third kappa shape index (κ3) is 5.73. The quantitative estimate of drug-likeness (QED) is 0.390. The molecule has 0 radical (unpaired) electrons. The molecule has 1 aromatic heterocycles. The number of aryl methyl sites for hydroxylation is 1. The number of anilines is 2. The van der Waals surface area contributed by atoms with Gasteiger partial charge in [0, 0.05) is 18.8 Å². The summed E-state index contributed by atoms with van der Waals surface area (Å²) in [6, 6.07) is 13.1. The van der Waals surface area contributed by atoms with Crippen LogP contribution in [0.1, 0.15) is 50.2 Å². The first-order valence-electron chi connectivity index (χ1n) is 11.8. The van der Waals surface area contributed by atoms with Crippen molar-refractivity contribution in [3.8, 4) is 5.75 Å². The van der Waals surface area contributed by atoms with Crippen LogP contribution in [0, 0.1) is 6.92 Å². The standard InChI is InChI=1S/C26H29N5O5S/c1-15-5-3-6-17(13-15)31(26(34)23-20(27)21(24(28)32)30-37-23)22(16-8-10-18(35-2)11-9-16)25(33)29-14-19-7-4-12-36-19/h3,5-6,8-11,13,19,22H,4,7,12,14,27H2,1-2H3,(H2,28,32)(H,29,33)/t19-,22+/m1/s1. The third-order valence-electron chi connectivity index (χ3n) is 6.12. The number of carbonyl (C=O) groups excluding carboxylic acids is 3. The van der Waals surface area contributed by atoms with Gasteiger partial charge < -0.3 is 26.3 Å². The Labute approximate surface area is 218 Å². The largest absolute Gasteiger partial charge is 0.497 e. The monoisotopic (exact) mass is 523 g/mol. The first kappa shape index (κ1) is 26.1. The molecule has 3 amide bonds. The van der Waals surface area contributed by atoms with Crippen molar-refractivity contribution in [1.29, 1.82) is 0 Å². The molecule has 11 heteroatoms. The van der Waals surface area contributed by atoms with Crippen LogP contribution in [-0.4, -0.2) is 48.5 Å². The van der Waals surface area contributed by atoms with Gasteiger partial charge in [0.15, 0.2) is 5.69 Å². The van der Waals surface area contributed by atoms with Gasteiger partial charge in [-0.2, -0.15) is 4.37 Å². The molecular weight excluding hydrogens is 494 g/mol. The number of aromatic nitrogens is 1. The summed E-state index contributed by atoms with van der Waals surface area (Å²) < 4.78 is 14.9. The van der Waals surface area contributed by atoms with E-state index in [2.05, 4.69) is 9.69 Å². The van der Waals surface area contributed by atoms with Crippen LogP contribution in [-0.2, 0) is 9.53 Å². The molecule has 2 aromatic carbocycles. The molecule has 1 aliphatic heterocycles. The van der Waals surface area contributed by atoms with Crippen LogP contribution < -0.4 is 26.4 Å². The van der Waals surface area contributed by atoms with Crippen LogP contribution in [0.4, 0.5) is 11.4 Å². The molecular formula is C26H29N5O5S. The SMILES string of the molecule is COc1ccc([C@@H](C(=O)NC[C@H]2CCCO2)N(C(=O)c2snc(C(N)=O)c2N)c2cccc(C)c2)cc1. The summed E-state index contributed by atoms with van der Waals surface area (Å²) in [5, 5.41) is 2.95. The molecule has 2 heterocycles. The molecule has 2 atom stereocenters. The molecule has 4 rings (SSSR count). The fraction of sp³-hybridized carbons (Fsp3) is 0.308. The Morgan fingerprint density at radius 3 is 2.59 bits per heavy atom. The van der Waals surface area contributed by atoms with Gasteiger partial charge in [-0.05, 0) is 66.7 Å². The summed E-state index contributed by atoms with van der Waals surface area (Å²) in [5.41, 5.74) is 13.1. The van der Waals surface area contributed by atoms with Crippen molar-refractivity contribution < 1.29 is 23.9 Å². The van der Waals surface area contributed by atoms with Crippen molar-refractivity contribution in [3.05, 3.63) is 70.2 Å². The minimum atomic E-state index is -1.07. The summed E-state index contributed by atoms with van der Waals surface area (Å²) in [6.45, 7) is 2.86. The number of rotatable bonds is 9. The molecule has 10 nitrogen and oxygen atoms in total. The number of ether oxygens (including phenoxy) is 2. The molecule has 1 fully saturated rings. The van der Waals surface area contributed by atoms with E-state index >= 15 is 0 Å². The zero-order valence-corrected chi connectivity index (χ0v) is 21.4. The summed E-state index contributed by atoms with van der Waals surface area (Å²) in [6.07, 6.45) is 1.70. The van der Waals surface area contributed by atoms with Crippen LogP contribution in [0.15, 0.2) is 48.5 Å².